The molecule has 21 heavy (non-hydrogen) atoms. The van der Waals surface area contributed by atoms with E-state index in [-0.39, 0.29) is 6.04 Å². The van der Waals surface area contributed by atoms with Crippen molar-refractivity contribution in [3.05, 3.63) is 29.3 Å². The number of hydrogen-bond acceptors (Lipinski definition) is 4. The van der Waals surface area contributed by atoms with Gasteiger partial charge in [-0.1, -0.05) is 12.1 Å². The molecule has 3 rings (SSSR count). The normalized spacial score (nSPS) is 25.0. The van der Waals surface area contributed by atoms with Crippen LogP contribution in [0.4, 0.5) is 0 Å². The second-order valence-corrected chi connectivity index (χ2v) is 6.99. The van der Waals surface area contributed by atoms with Crippen molar-refractivity contribution in [2.75, 3.05) is 6.54 Å². The first-order valence-electron chi connectivity index (χ1n) is 7.38. The van der Waals surface area contributed by atoms with Crippen LogP contribution in [-0.4, -0.2) is 33.0 Å². The summed E-state index contributed by atoms with van der Waals surface area (Å²) in [6.07, 6.45) is 2.74. The summed E-state index contributed by atoms with van der Waals surface area (Å²) in [6.45, 7) is 4.74. The first-order chi connectivity index (χ1) is 10.0. The Labute approximate surface area is 128 Å². The molecule has 1 N–H and O–H groups in total. The molecule has 1 aromatic carbocycles. The van der Waals surface area contributed by atoms with E-state index < -0.39 is 11.5 Å². The SMILES string of the molecule is CC(c1nc2ccccc2s1)N1CCCCC1(C)C(=O)O. The number of benzene rings is 1. The Hall–Kier alpha value is -1.46. The number of fused-ring (bicyclic) bond motifs is 1. The molecular weight excluding hydrogens is 284 g/mol. The maximum Gasteiger partial charge on any atom is 0.323 e. The number of nitrogens with zero attached hydrogens (tertiary/aromatic N) is 2. The number of aromatic nitrogens is 1. The maximum atomic E-state index is 11.7. The minimum Gasteiger partial charge on any atom is -0.480 e. The van der Waals surface area contributed by atoms with E-state index in [0.717, 1.165) is 34.6 Å². The molecule has 0 amide bonds. The largest absolute Gasteiger partial charge is 0.480 e. The fourth-order valence-electron chi connectivity index (χ4n) is 3.19. The minimum absolute atomic E-state index is 0.0313. The van der Waals surface area contributed by atoms with E-state index in [4.69, 9.17) is 4.98 Å². The van der Waals surface area contributed by atoms with Crippen molar-refractivity contribution in [1.82, 2.24) is 9.88 Å². The van der Waals surface area contributed by atoms with E-state index in [1.165, 1.54) is 0 Å². The molecule has 1 saturated heterocycles. The molecule has 0 spiro atoms. The number of thiazole rings is 1. The number of rotatable bonds is 3. The summed E-state index contributed by atoms with van der Waals surface area (Å²) >= 11 is 1.67. The van der Waals surface area contributed by atoms with Gasteiger partial charge >= 0.3 is 5.97 Å². The number of para-hydroxylation sites is 1. The highest BCUT2D eigenvalue weighted by Crippen LogP contribution is 2.38. The first-order valence-corrected chi connectivity index (χ1v) is 8.19. The van der Waals surface area contributed by atoms with Gasteiger partial charge in [0.15, 0.2) is 0 Å². The number of carboxylic acids is 1. The third-order valence-corrected chi connectivity index (χ3v) is 5.75. The smallest absolute Gasteiger partial charge is 0.323 e. The van der Waals surface area contributed by atoms with Crippen molar-refractivity contribution >= 4 is 27.5 Å². The molecule has 1 fully saturated rings. The predicted octanol–water partition coefficient (Wildman–Crippen LogP) is 3.69. The predicted molar refractivity (Wildman–Crippen MR) is 84.6 cm³/mol. The van der Waals surface area contributed by atoms with E-state index in [2.05, 4.69) is 17.9 Å². The van der Waals surface area contributed by atoms with Gasteiger partial charge in [-0.25, -0.2) is 4.98 Å². The van der Waals surface area contributed by atoms with Crippen LogP contribution in [0.2, 0.25) is 0 Å². The molecule has 0 saturated carbocycles. The second-order valence-electron chi connectivity index (χ2n) is 5.93. The van der Waals surface area contributed by atoms with Gasteiger partial charge in [-0.2, -0.15) is 0 Å². The van der Waals surface area contributed by atoms with Crippen molar-refractivity contribution in [3.8, 4) is 0 Å². The highest BCUT2D eigenvalue weighted by atomic mass is 32.1. The van der Waals surface area contributed by atoms with Crippen molar-refractivity contribution in [1.29, 1.82) is 0 Å². The lowest BCUT2D eigenvalue weighted by Gasteiger charge is -2.44. The van der Waals surface area contributed by atoms with E-state index in [9.17, 15) is 9.90 Å². The first kappa shape index (κ1) is 14.5. The Bertz CT molecular complexity index is 636. The fourth-order valence-corrected chi connectivity index (χ4v) is 4.23. The van der Waals surface area contributed by atoms with Crippen LogP contribution < -0.4 is 0 Å². The van der Waals surface area contributed by atoms with Crippen LogP contribution in [0.1, 0.15) is 44.2 Å². The van der Waals surface area contributed by atoms with Gasteiger partial charge in [0.1, 0.15) is 10.5 Å². The molecule has 2 aromatic rings. The molecule has 0 aliphatic carbocycles. The van der Waals surface area contributed by atoms with Gasteiger partial charge in [0.25, 0.3) is 0 Å². The Morgan fingerprint density at radius 3 is 2.90 bits per heavy atom. The lowest BCUT2D eigenvalue weighted by atomic mass is 9.87. The van der Waals surface area contributed by atoms with Gasteiger partial charge in [0.2, 0.25) is 0 Å². The number of carboxylic acid groups (broad SMARTS) is 1. The second kappa shape index (κ2) is 5.39. The van der Waals surface area contributed by atoms with Crippen LogP contribution in [0.3, 0.4) is 0 Å². The Morgan fingerprint density at radius 1 is 1.43 bits per heavy atom. The lowest BCUT2D eigenvalue weighted by Crippen LogP contribution is -2.55. The highest BCUT2D eigenvalue weighted by Gasteiger charge is 2.44. The van der Waals surface area contributed by atoms with Crippen LogP contribution in [0.15, 0.2) is 24.3 Å². The summed E-state index contributed by atoms with van der Waals surface area (Å²) in [7, 11) is 0. The van der Waals surface area contributed by atoms with E-state index in [1.807, 2.05) is 25.1 Å². The van der Waals surface area contributed by atoms with Crippen LogP contribution in [-0.2, 0) is 4.79 Å². The Balaban J connectivity index is 1.95. The van der Waals surface area contributed by atoms with Crippen LogP contribution >= 0.6 is 11.3 Å². The van der Waals surface area contributed by atoms with Gasteiger partial charge in [-0.3, -0.25) is 9.69 Å². The molecule has 1 aliphatic heterocycles. The van der Waals surface area contributed by atoms with Gasteiger partial charge in [-0.05, 0) is 51.8 Å². The van der Waals surface area contributed by atoms with Gasteiger partial charge in [0, 0.05) is 0 Å². The molecular formula is C16H20N2O2S. The molecule has 2 heterocycles. The Morgan fingerprint density at radius 2 is 2.19 bits per heavy atom. The third kappa shape index (κ3) is 2.45. The standard InChI is InChI=1S/C16H20N2O2S/c1-11(14-17-12-7-3-4-8-13(12)21-14)18-10-6-5-9-16(18,2)15(19)20/h3-4,7-8,11H,5-6,9-10H2,1-2H3,(H,19,20). The molecule has 1 aromatic heterocycles. The Kier molecular flexibility index (Phi) is 3.71. The van der Waals surface area contributed by atoms with Crippen molar-refractivity contribution < 1.29 is 9.90 Å². The number of hydrogen-bond donors (Lipinski definition) is 1. The van der Waals surface area contributed by atoms with Crippen LogP contribution in [0.5, 0.6) is 0 Å². The summed E-state index contributed by atoms with van der Waals surface area (Å²) in [5, 5.41) is 10.7. The molecule has 2 unspecified atom stereocenters. The average molecular weight is 304 g/mol. The zero-order chi connectivity index (χ0) is 15.0. The zero-order valence-electron chi connectivity index (χ0n) is 12.4. The van der Waals surface area contributed by atoms with E-state index in [1.54, 1.807) is 11.3 Å². The minimum atomic E-state index is -0.782. The summed E-state index contributed by atoms with van der Waals surface area (Å²) in [5.41, 5.74) is 0.216. The molecule has 5 heteroatoms. The van der Waals surface area contributed by atoms with Crippen LogP contribution in [0.25, 0.3) is 10.2 Å². The lowest BCUT2D eigenvalue weighted by molar-refractivity contribution is -0.155. The average Bonchev–Trinajstić information content (AvgIpc) is 2.91. The zero-order valence-corrected chi connectivity index (χ0v) is 13.2. The molecule has 2 atom stereocenters. The van der Waals surface area contributed by atoms with Gasteiger partial charge < -0.3 is 5.11 Å². The molecule has 0 bridgehead atoms. The highest BCUT2D eigenvalue weighted by molar-refractivity contribution is 7.18. The monoisotopic (exact) mass is 304 g/mol. The summed E-state index contributed by atoms with van der Waals surface area (Å²) in [5.74, 6) is -0.727. The van der Waals surface area contributed by atoms with Crippen molar-refractivity contribution in [2.24, 2.45) is 0 Å². The van der Waals surface area contributed by atoms with Crippen molar-refractivity contribution in [3.63, 3.8) is 0 Å². The number of likely N-dealkylation sites (tertiary alicyclic amines) is 1. The molecule has 112 valence electrons. The number of aliphatic carboxylic acids is 1. The summed E-state index contributed by atoms with van der Waals surface area (Å²) in [6, 6.07) is 8.10. The molecule has 1 aliphatic rings. The van der Waals surface area contributed by atoms with Crippen molar-refractivity contribution in [2.45, 2.75) is 44.7 Å². The van der Waals surface area contributed by atoms with Crippen LogP contribution in [0, 0.1) is 0 Å². The van der Waals surface area contributed by atoms with E-state index >= 15 is 0 Å². The van der Waals surface area contributed by atoms with E-state index in [0.29, 0.717) is 6.42 Å². The van der Waals surface area contributed by atoms with Gasteiger partial charge in [0.05, 0.1) is 16.3 Å². The van der Waals surface area contributed by atoms with Gasteiger partial charge in [-0.15, -0.1) is 11.3 Å². The fraction of sp³-hybridized carbons (Fsp3) is 0.500. The molecule has 0 radical (unpaired) electrons. The molecule has 4 nitrogen and oxygen atoms in total. The number of piperidine rings is 1. The third-order valence-electron chi connectivity index (χ3n) is 4.54. The number of carbonyl (C=O) groups is 1. The maximum absolute atomic E-state index is 11.7. The topological polar surface area (TPSA) is 53.4 Å². The summed E-state index contributed by atoms with van der Waals surface area (Å²) in [4.78, 5) is 18.5. The quantitative estimate of drug-likeness (QED) is 0.939. The summed E-state index contributed by atoms with van der Waals surface area (Å²) < 4.78 is 1.16.